The molecule has 16 heavy (non-hydrogen) atoms. The van der Waals surface area contributed by atoms with Gasteiger partial charge in [-0.15, -0.1) is 0 Å². The molecule has 0 aromatic carbocycles. The normalized spacial score (nSPS) is 25.6. The van der Waals surface area contributed by atoms with Gasteiger partial charge in [0.25, 0.3) is 0 Å². The van der Waals surface area contributed by atoms with Crippen molar-refractivity contribution in [1.82, 2.24) is 10.6 Å². The predicted molar refractivity (Wildman–Crippen MR) is 62.9 cm³/mol. The van der Waals surface area contributed by atoms with E-state index < -0.39 is 9.84 Å². The van der Waals surface area contributed by atoms with E-state index in [4.69, 9.17) is 0 Å². The quantitative estimate of drug-likeness (QED) is 0.681. The van der Waals surface area contributed by atoms with Gasteiger partial charge in [0.2, 0.25) is 5.91 Å². The molecule has 0 bridgehead atoms. The van der Waals surface area contributed by atoms with E-state index in [2.05, 4.69) is 10.6 Å². The van der Waals surface area contributed by atoms with Gasteiger partial charge in [-0.05, 0) is 12.5 Å². The molecule has 5 nitrogen and oxygen atoms in total. The summed E-state index contributed by atoms with van der Waals surface area (Å²) in [7, 11) is -2.98. The van der Waals surface area contributed by atoms with Gasteiger partial charge in [0, 0.05) is 18.8 Å². The Morgan fingerprint density at radius 2 is 2.12 bits per heavy atom. The topological polar surface area (TPSA) is 75.3 Å². The summed E-state index contributed by atoms with van der Waals surface area (Å²) < 4.78 is 22.4. The fraction of sp³-hybridized carbons (Fsp3) is 0.900. The number of hydrogen-bond acceptors (Lipinski definition) is 4. The second kappa shape index (κ2) is 5.63. The Morgan fingerprint density at radius 3 is 2.62 bits per heavy atom. The van der Waals surface area contributed by atoms with Crippen LogP contribution in [0.1, 0.15) is 13.8 Å². The summed E-state index contributed by atoms with van der Waals surface area (Å²) in [6.07, 6.45) is 0. The lowest BCUT2D eigenvalue weighted by molar-refractivity contribution is -0.125. The predicted octanol–water partition coefficient (Wildman–Crippen LogP) is -0.607. The van der Waals surface area contributed by atoms with Crippen LogP contribution in [-0.2, 0) is 14.6 Å². The second-order valence-corrected chi connectivity index (χ2v) is 6.74. The Hall–Kier alpha value is -0.620. The van der Waals surface area contributed by atoms with Crippen molar-refractivity contribution in [2.45, 2.75) is 13.8 Å². The van der Waals surface area contributed by atoms with Crippen molar-refractivity contribution < 1.29 is 13.2 Å². The van der Waals surface area contributed by atoms with Crippen molar-refractivity contribution >= 4 is 15.7 Å². The fourth-order valence-corrected chi connectivity index (χ4v) is 2.47. The zero-order chi connectivity index (χ0) is 12.2. The molecule has 2 N–H and O–H groups in total. The number of carbonyl (C=O) groups is 1. The van der Waals surface area contributed by atoms with Crippen LogP contribution in [0.2, 0.25) is 0 Å². The van der Waals surface area contributed by atoms with Crippen LogP contribution in [0.15, 0.2) is 0 Å². The Balaban J connectivity index is 2.30. The molecule has 2 atom stereocenters. The molecule has 0 saturated carbocycles. The number of sulfone groups is 1. The summed E-state index contributed by atoms with van der Waals surface area (Å²) in [4.78, 5) is 11.7. The van der Waals surface area contributed by atoms with Crippen molar-refractivity contribution in [3.05, 3.63) is 0 Å². The van der Waals surface area contributed by atoms with Gasteiger partial charge in [0.15, 0.2) is 9.84 Å². The standard InChI is InChI=1S/C10H20N2O3S/c1-3-16(14,15)5-4-12-10(13)9-7-11-6-8(9)2/h8-9,11H,3-7H2,1-2H3,(H,12,13)/t8-,9-/m1/s1. The van der Waals surface area contributed by atoms with Gasteiger partial charge >= 0.3 is 0 Å². The molecule has 1 rings (SSSR count). The van der Waals surface area contributed by atoms with Crippen LogP contribution in [-0.4, -0.2) is 45.5 Å². The molecule has 6 heteroatoms. The summed E-state index contributed by atoms with van der Waals surface area (Å²) in [6.45, 7) is 5.39. The maximum atomic E-state index is 11.7. The van der Waals surface area contributed by atoms with Gasteiger partial charge in [-0.1, -0.05) is 13.8 Å². The zero-order valence-corrected chi connectivity index (χ0v) is 10.6. The minimum absolute atomic E-state index is 0.0238. The Kier molecular flexibility index (Phi) is 4.73. The molecular weight excluding hydrogens is 228 g/mol. The van der Waals surface area contributed by atoms with E-state index in [-0.39, 0.29) is 29.9 Å². The summed E-state index contributed by atoms with van der Waals surface area (Å²) in [6, 6.07) is 0. The molecule has 1 aliphatic heterocycles. The Labute approximate surface area is 96.9 Å². The van der Waals surface area contributed by atoms with Crippen LogP contribution in [0, 0.1) is 11.8 Å². The molecule has 0 radical (unpaired) electrons. The number of hydrogen-bond donors (Lipinski definition) is 2. The Morgan fingerprint density at radius 1 is 1.44 bits per heavy atom. The monoisotopic (exact) mass is 248 g/mol. The molecule has 94 valence electrons. The minimum atomic E-state index is -2.98. The van der Waals surface area contributed by atoms with Crippen LogP contribution in [0.3, 0.4) is 0 Å². The average molecular weight is 248 g/mol. The van der Waals surface area contributed by atoms with E-state index in [0.29, 0.717) is 12.5 Å². The highest BCUT2D eigenvalue weighted by Crippen LogP contribution is 2.15. The van der Waals surface area contributed by atoms with E-state index in [1.54, 1.807) is 6.92 Å². The highest BCUT2D eigenvalue weighted by molar-refractivity contribution is 7.91. The smallest absolute Gasteiger partial charge is 0.224 e. The molecule has 1 amide bonds. The lowest BCUT2D eigenvalue weighted by atomic mass is 9.97. The van der Waals surface area contributed by atoms with Gasteiger partial charge in [-0.25, -0.2) is 8.42 Å². The maximum Gasteiger partial charge on any atom is 0.224 e. The third-order valence-corrected chi connectivity index (χ3v) is 4.71. The minimum Gasteiger partial charge on any atom is -0.355 e. The van der Waals surface area contributed by atoms with Gasteiger partial charge in [0.1, 0.15) is 0 Å². The highest BCUT2D eigenvalue weighted by atomic mass is 32.2. The van der Waals surface area contributed by atoms with E-state index in [1.807, 2.05) is 6.92 Å². The van der Waals surface area contributed by atoms with Crippen LogP contribution in [0.25, 0.3) is 0 Å². The van der Waals surface area contributed by atoms with Crippen LogP contribution in [0.4, 0.5) is 0 Å². The van der Waals surface area contributed by atoms with Crippen molar-refractivity contribution in [1.29, 1.82) is 0 Å². The molecule has 0 aliphatic carbocycles. The first-order valence-corrected chi connectivity index (χ1v) is 7.47. The first-order chi connectivity index (χ1) is 7.46. The largest absolute Gasteiger partial charge is 0.355 e. The Bertz CT molecular complexity index is 340. The molecule has 0 unspecified atom stereocenters. The first-order valence-electron chi connectivity index (χ1n) is 5.65. The number of carbonyl (C=O) groups excluding carboxylic acids is 1. The fourth-order valence-electron chi connectivity index (χ4n) is 1.77. The van der Waals surface area contributed by atoms with E-state index in [0.717, 1.165) is 6.54 Å². The number of rotatable bonds is 5. The van der Waals surface area contributed by atoms with Crippen molar-refractivity contribution in [3.63, 3.8) is 0 Å². The van der Waals surface area contributed by atoms with E-state index >= 15 is 0 Å². The van der Waals surface area contributed by atoms with Crippen LogP contribution >= 0.6 is 0 Å². The SMILES string of the molecule is CCS(=O)(=O)CCNC(=O)[C@@H]1CNC[C@H]1C. The molecule has 1 saturated heterocycles. The van der Waals surface area contributed by atoms with Crippen LogP contribution in [0.5, 0.6) is 0 Å². The van der Waals surface area contributed by atoms with Gasteiger partial charge in [0.05, 0.1) is 11.7 Å². The lowest BCUT2D eigenvalue weighted by Gasteiger charge is -2.13. The zero-order valence-electron chi connectivity index (χ0n) is 9.82. The van der Waals surface area contributed by atoms with E-state index in [9.17, 15) is 13.2 Å². The summed E-state index contributed by atoms with van der Waals surface area (Å²) in [5, 5.41) is 5.83. The molecular formula is C10H20N2O3S. The number of nitrogens with one attached hydrogen (secondary N) is 2. The summed E-state index contributed by atoms with van der Waals surface area (Å²) in [5.41, 5.74) is 0. The van der Waals surface area contributed by atoms with Crippen molar-refractivity contribution in [2.75, 3.05) is 31.1 Å². The molecule has 0 spiro atoms. The third kappa shape index (κ3) is 3.75. The van der Waals surface area contributed by atoms with E-state index in [1.165, 1.54) is 0 Å². The van der Waals surface area contributed by atoms with Gasteiger partial charge < -0.3 is 10.6 Å². The molecule has 0 aromatic heterocycles. The number of amides is 1. The second-order valence-electron chi connectivity index (χ2n) is 4.27. The molecule has 1 fully saturated rings. The van der Waals surface area contributed by atoms with Gasteiger partial charge in [-0.3, -0.25) is 4.79 Å². The summed E-state index contributed by atoms with van der Waals surface area (Å²) in [5.74, 6) is 0.421. The van der Waals surface area contributed by atoms with Gasteiger partial charge in [-0.2, -0.15) is 0 Å². The maximum absolute atomic E-state index is 11.7. The van der Waals surface area contributed by atoms with Crippen LogP contribution < -0.4 is 10.6 Å². The highest BCUT2D eigenvalue weighted by Gasteiger charge is 2.29. The van der Waals surface area contributed by atoms with Crippen molar-refractivity contribution in [3.8, 4) is 0 Å². The lowest BCUT2D eigenvalue weighted by Crippen LogP contribution is -2.37. The van der Waals surface area contributed by atoms with Crippen molar-refractivity contribution in [2.24, 2.45) is 11.8 Å². The molecule has 0 aromatic rings. The molecule has 1 heterocycles. The molecule has 1 aliphatic rings. The average Bonchev–Trinajstić information content (AvgIpc) is 2.64. The third-order valence-electron chi connectivity index (χ3n) is 3.01. The first kappa shape index (κ1) is 13.4. The summed E-state index contributed by atoms with van der Waals surface area (Å²) >= 11 is 0.